The van der Waals surface area contributed by atoms with Crippen LogP contribution in [-0.2, 0) is 4.74 Å². The van der Waals surface area contributed by atoms with E-state index in [4.69, 9.17) is 4.74 Å². The third kappa shape index (κ3) is 1.46. The highest BCUT2D eigenvalue weighted by molar-refractivity contribution is 9.09. The average molecular weight is 179 g/mol. The van der Waals surface area contributed by atoms with Crippen LogP contribution >= 0.6 is 15.9 Å². The molecular weight excluding hydrogens is 168 g/mol. The first-order valence-corrected chi connectivity index (χ1v) is 3.80. The van der Waals surface area contributed by atoms with Crippen molar-refractivity contribution < 1.29 is 4.74 Å². The zero-order valence-electron chi connectivity index (χ0n) is 5.28. The maximum absolute atomic E-state index is 5.41. The van der Waals surface area contributed by atoms with Crippen LogP contribution in [0.1, 0.15) is 20.3 Å². The van der Waals surface area contributed by atoms with E-state index < -0.39 is 0 Å². The molecule has 0 aliphatic carbocycles. The lowest BCUT2D eigenvalue weighted by Crippen LogP contribution is -2.16. The number of alkyl halides is 1. The summed E-state index contributed by atoms with van der Waals surface area (Å²) < 4.78 is 5.41. The minimum atomic E-state index is 0.119. The summed E-state index contributed by atoms with van der Waals surface area (Å²) in [7, 11) is 0. The van der Waals surface area contributed by atoms with E-state index in [1.165, 1.54) is 0 Å². The quantitative estimate of drug-likeness (QED) is 0.516. The minimum absolute atomic E-state index is 0.119. The van der Waals surface area contributed by atoms with Crippen molar-refractivity contribution in [1.82, 2.24) is 0 Å². The minimum Gasteiger partial charge on any atom is -0.374 e. The van der Waals surface area contributed by atoms with Crippen LogP contribution in [0.15, 0.2) is 0 Å². The molecule has 1 nitrogen and oxygen atoms in total. The van der Waals surface area contributed by atoms with Crippen molar-refractivity contribution in [3.05, 3.63) is 0 Å². The van der Waals surface area contributed by atoms with E-state index in [9.17, 15) is 0 Å². The molecule has 0 radical (unpaired) electrons. The van der Waals surface area contributed by atoms with Gasteiger partial charge in [-0.15, -0.1) is 0 Å². The Morgan fingerprint density at radius 1 is 1.62 bits per heavy atom. The topological polar surface area (TPSA) is 9.23 Å². The molecule has 0 bridgehead atoms. The fourth-order valence-corrected chi connectivity index (χ4v) is 1.88. The van der Waals surface area contributed by atoms with Crippen molar-refractivity contribution in [2.24, 2.45) is 0 Å². The van der Waals surface area contributed by atoms with Gasteiger partial charge in [-0.1, -0.05) is 15.9 Å². The van der Waals surface area contributed by atoms with Gasteiger partial charge in [0, 0.05) is 4.83 Å². The molecule has 0 N–H and O–H groups in total. The molecule has 0 spiro atoms. The Bertz CT molecular complexity index is 90.5. The summed E-state index contributed by atoms with van der Waals surface area (Å²) in [5.41, 5.74) is 0.119. The van der Waals surface area contributed by atoms with Gasteiger partial charge in [-0.3, -0.25) is 0 Å². The van der Waals surface area contributed by atoms with Crippen molar-refractivity contribution in [2.45, 2.75) is 30.7 Å². The summed E-state index contributed by atoms with van der Waals surface area (Å²) in [4.78, 5) is 0.581. The third-order valence-corrected chi connectivity index (χ3v) is 1.96. The predicted molar refractivity (Wildman–Crippen MR) is 37.4 cm³/mol. The molecule has 1 rings (SSSR count). The molecule has 0 aromatic heterocycles. The smallest absolute Gasteiger partial charge is 0.0638 e. The summed E-state index contributed by atoms with van der Waals surface area (Å²) in [5, 5.41) is 0. The second-order valence-corrected chi connectivity index (χ2v) is 4.17. The number of hydrogen-bond donors (Lipinski definition) is 0. The molecule has 1 fully saturated rings. The first-order chi connectivity index (χ1) is 3.60. The van der Waals surface area contributed by atoms with E-state index >= 15 is 0 Å². The van der Waals surface area contributed by atoms with Crippen LogP contribution in [0, 0.1) is 0 Å². The zero-order valence-corrected chi connectivity index (χ0v) is 6.86. The number of ether oxygens (including phenoxy) is 1. The molecule has 0 aromatic carbocycles. The van der Waals surface area contributed by atoms with Crippen molar-refractivity contribution >= 4 is 15.9 Å². The van der Waals surface area contributed by atoms with Crippen molar-refractivity contribution in [3.8, 4) is 0 Å². The SMILES string of the molecule is CC1(C)CC(Br)CO1. The van der Waals surface area contributed by atoms with Gasteiger partial charge in [0.05, 0.1) is 12.2 Å². The van der Waals surface area contributed by atoms with E-state index in [-0.39, 0.29) is 5.60 Å². The van der Waals surface area contributed by atoms with Crippen LogP contribution in [0.25, 0.3) is 0 Å². The molecule has 1 atom stereocenters. The molecule has 1 saturated heterocycles. The summed E-state index contributed by atoms with van der Waals surface area (Å²) >= 11 is 3.49. The van der Waals surface area contributed by atoms with Crippen LogP contribution in [0.4, 0.5) is 0 Å². The highest BCUT2D eigenvalue weighted by atomic mass is 79.9. The van der Waals surface area contributed by atoms with Crippen molar-refractivity contribution in [3.63, 3.8) is 0 Å². The summed E-state index contributed by atoms with van der Waals surface area (Å²) in [6.45, 7) is 5.11. The molecule has 0 saturated carbocycles. The van der Waals surface area contributed by atoms with Gasteiger partial charge in [-0.05, 0) is 20.3 Å². The molecular formula is C6H11BrO. The molecule has 1 heterocycles. The van der Waals surface area contributed by atoms with E-state index in [1.54, 1.807) is 0 Å². The fourth-order valence-electron chi connectivity index (χ4n) is 0.967. The van der Waals surface area contributed by atoms with E-state index in [2.05, 4.69) is 29.8 Å². The van der Waals surface area contributed by atoms with Crippen LogP contribution in [0.2, 0.25) is 0 Å². The van der Waals surface area contributed by atoms with E-state index in [1.807, 2.05) is 0 Å². The van der Waals surface area contributed by atoms with Gasteiger partial charge in [-0.2, -0.15) is 0 Å². The maximum Gasteiger partial charge on any atom is 0.0638 e. The van der Waals surface area contributed by atoms with Gasteiger partial charge < -0.3 is 4.74 Å². The highest BCUT2D eigenvalue weighted by Gasteiger charge is 2.29. The van der Waals surface area contributed by atoms with Gasteiger partial charge in [0.1, 0.15) is 0 Å². The Hall–Kier alpha value is 0.440. The zero-order chi connectivity index (χ0) is 6.20. The van der Waals surface area contributed by atoms with E-state index in [0.717, 1.165) is 13.0 Å². The first-order valence-electron chi connectivity index (χ1n) is 2.88. The van der Waals surface area contributed by atoms with Gasteiger partial charge in [0.25, 0.3) is 0 Å². The maximum atomic E-state index is 5.41. The fraction of sp³-hybridized carbons (Fsp3) is 1.00. The molecule has 1 unspecified atom stereocenters. The lowest BCUT2D eigenvalue weighted by atomic mass is 10.1. The standard InChI is InChI=1S/C6H11BrO/c1-6(2)3-5(7)4-8-6/h5H,3-4H2,1-2H3. The lowest BCUT2D eigenvalue weighted by Gasteiger charge is -2.14. The summed E-state index contributed by atoms with van der Waals surface area (Å²) in [6, 6.07) is 0. The molecule has 1 aliphatic heterocycles. The Morgan fingerprint density at radius 2 is 2.25 bits per heavy atom. The number of halogens is 1. The molecule has 8 heavy (non-hydrogen) atoms. The second kappa shape index (κ2) is 1.99. The molecule has 2 heteroatoms. The average Bonchev–Trinajstić information content (AvgIpc) is 1.82. The van der Waals surface area contributed by atoms with Crippen LogP contribution in [-0.4, -0.2) is 17.0 Å². The summed E-state index contributed by atoms with van der Waals surface area (Å²) in [6.07, 6.45) is 1.13. The van der Waals surface area contributed by atoms with E-state index in [0.29, 0.717) is 4.83 Å². The van der Waals surface area contributed by atoms with Gasteiger partial charge in [-0.25, -0.2) is 0 Å². The number of hydrogen-bond acceptors (Lipinski definition) is 1. The van der Waals surface area contributed by atoms with Gasteiger partial charge >= 0.3 is 0 Å². The Morgan fingerprint density at radius 3 is 2.38 bits per heavy atom. The van der Waals surface area contributed by atoms with Crippen LogP contribution in [0.3, 0.4) is 0 Å². The normalized spacial score (nSPS) is 35.6. The monoisotopic (exact) mass is 178 g/mol. The van der Waals surface area contributed by atoms with Gasteiger partial charge in [0.15, 0.2) is 0 Å². The Balaban J connectivity index is 2.44. The molecule has 0 amide bonds. The van der Waals surface area contributed by atoms with Crippen LogP contribution in [0.5, 0.6) is 0 Å². The van der Waals surface area contributed by atoms with Crippen LogP contribution < -0.4 is 0 Å². The molecule has 1 aliphatic rings. The second-order valence-electron chi connectivity index (χ2n) is 2.87. The van der Waals surface area contributed by atoms with Crippen molar-refractivity contribution in [1.29, 1.82) is 0 Å². The lowest BCUT2D eigenvalue weighted by molar-refractivity contribution is 0.0369. The van der Waals surface area contributed by atoms with Gasteiger partial charge in [0.2, 0.25) is 0 Å². The summed E-state index contributed by atoms with van der Waals surface area (Å²) in [5.74, 6) is 0. The first kappa shape index (κ1) is 6.56. The third-order valence-electron chi connectivity index (χ3n) is 1.37. The Labute approximate surface area is 58.5 Å². The largest absolute Gasteiger partial charge is 0.374 e. The van der Waals surface area contributed by atoms with Crippen molar-refractivity contribution in [2.75, 3.05) is 6.61 Å². The Kier molecular flexibility index (Phi) is 1.63. The molecule has 48 valence electrons. The highest BCUT2D eigenvalue weighted by Crippen LogP contribution is 2.28. The number of rotatable bonds is 0. The predicted octanol–water partition coefficient (Wildman–Crippen LogP) is 1.95. The molecule has 0 aromatic rings.